The third-order valence-electron chi connectivity index (χ3n) is 3.84. The second-order valence-electron chi connectivity index (χ2n) is 5.34. The number of rotatable bonds is 5. The SMILES string of the molecule is COC(=O)C(CC1=CCc2ccccc21)(NC(C)=O)C(=O)OC. The fourth-order valence-corrected chi connectivity index (χ4v) is 2.83. The summed E-state index contributed by atoms with van der Waals surface area (Å²) in [4.78, 5) is 36.2. The van der Waals surface area contributed by atoms with Crippen LogP contribution in [0.2, 0.25) is 0 Å². The lowest BCUT2D eigenvalue weighted by Gasteiger charge is -2.29. The van der Waals surface area contributed by atoms with Gasteiger partial charge >= 0.3 is 11.9 Å². The van der Waals surface area contributed by atoms with Crippen molar-refractivity contribution in [2.24, 2.45) is 0 Å². The summed E-state index contributed by atoms with van der Waals surface area (Å²) in [7, 11) is 2.33. The third kappa shape index (κ3) is 3.11. The Labute approximate surface area is 134 Å². The Morgan fingerprint density at radius 3 is 2.30 bits per heavy atom. The van der Waals surface area contributed by atoms with E-state index >= 15 is 0 Å². The number of benzene rings is 1. The smallest absolute Gasteiger partial charge is 0.343 e. The summed E-state index contributed by atoms with van der Waals surface area (Å²) in [5.74, 6) is -2.23. The standard InChI is InChI=1S/C17H19NO5/c1-11(19)18-17(15(20)22-2,16(21)23-3)10-13-9-8-12-6-4-5-7-14(12)13/h4-7,9H,8,10H2,1-3H3,(H,18,19). The molecule has 0 saturated carbocycles. The molecule has 0 aliphatic heterocycles. The average Bonchev–Trinajstić information content (AvgIpc) is 2.95. The molecular formula is C17H19NO5. The van der Waals surface area contributed by atoms with Gasteiger partial charge in [-0.05, 0) is 23.1 Å². The number of hydrogen-bond donors (Lipinski definition) is 1. The molecule has 1 aliphatic carbocycles. The van der Waals surface area contributed by atoms with Crippen molar-refractivity contribution in [3.05, 3.63) is 41.5 Å². The fourth-order valence-electron chi connectivity index (χ4n) is 2.83. The Kier molecular flexibility index (Phi) is 4.83. The zero-order valence-electron chi connectivity index (χ0n) is 13.3. The van der Waals surface area contributed by atoms with Crippen LogP contribution in [-0.4, -0.2) is 37.6 Å². The molecular weight excluding hydrogens is 298 g/mol. The van der Waals surface area contributed by atoms with Crippen LogP contribution in [0.1, 0.15) is 24.5 Å². The Morgan fingerprint density at radius 1 is 1.13 bits per heavy atom. The molecule has 6 nitrogen and oxygen atoms in total. The van der Waals surface area contributed by atoms with E-state index in [9.17, 15) is 14.4 Å². The predicted molar refractivity (Wildman–Crippen MR) is 83.3 cm³/mol. The minimum Gasteiger partial charge on any atom is -0.467 e. The van der Waals surface area contributed by atoms with Gasteiger partial charge in [-0.1, -0.05) is 30.3 Å². The topological polar surface area (TPSA) is 81.7 Å². The Bertz CT molecular complexity index is 661. The molecule has 0 bridgehead atoms. The molecule has 1 N–H and O–H groups in total. The van der Waals surface area contributed by atoms with Gasteiger partial charge in [0, 0.05) is 13.3 Å². The lowest BCUT2D eigenvalue weighted by Crippen LogP contribution is -2.60. The van der Waals surface area contributed by atoms with Crippen LogP contribution in [0.5, 0.6) is 0 Å². The van der Waals surface area contributed by atoms with Crippen molar-refractivity contribution in [2.45, 2.75) is 25.3 Å². The number of methoxy groups -OCH3 is 2. The first-order valence-electron chi connectivity index (χ1n) is 7.17. The van der Waals surface area contributed by atoms with E-state index in [0.29, 0.717) is 6.42 Å². The van der Waals surface area contributed by atoms with Crippen LogP contribution in [-0.2, 0) is 30.3 Å². The first-order valence-corrected chi connectivity index (χ1v) is 7.17. The minimum absolute atomic E-state index is 0.0249. The summed E-state index contributed by atoms with van der Waals surface area (Å²) in [6.45, 7) is 1.23. The van der Waals surface area contributed by atoms with Gasteiger partial charge in [-0.25, -0.2) is 9.59 Å². The van der Waals surface area contributed by atoms with Gasteiger partial charge in [-0.2, -0.15) is 0 Å². The summed E-state index contributed by atoms with van der Waals surface area (Å²) in [5.41, 5.74) is 0.965. The number of amides is 1. The fraction of sp³-hybridized carbons (Fsp3) is 0.353. The molecule has 0 fully saturated rings. The van der Waals surface area contributed by atoms with Crippen LogP contribution in [0, 0.1) is 0 Å². The molecule has 122 valence electrons. The highest BCUT2D eigenvalue weighted by Crippen LogP contribution is 2.34. The van der Waals surface area contributed by atoms with Crippen molar-refractivity contribution >= 4 is 23.4 Å². The van der Waals surface area contributed by atoms with Crippen molar-refractivity contribution < 1.29 is 23.9 Å². The summed E-state index contributed by atoms with van der Waals surface area (Å²) < 4.78 is 9.51. The van der Waals surface area contributed by atoms with E-state index < -0.39 is 23.4 Å². The Morgan fingerprint density at radius 2 is 1.74 bits per heavy atom. The maximum Gasteiger partial charge on any atom is 0.343 e. The lowest BCUT2D eigenvalue weighted by molar-refractivity contribution is -0.164. The molecule has 0 radical (unpaired) electrons. The van der Waals surface area contributed by atoms with Gasteiger partial charge in [0.05, 0.1) is 14.2 Å². The number of nitrogens with one attached hydrogen (secondary N) is 1. The van der Waals surface area contributed by atoms with E-state index in [1.54, 1.807) is 0 Å². The van der Waals surface area contributed by atoms with Crippen molar-refractivity contribution in [2.75, 3.05) is 14.2 Å². The molecule has 1 aliphatic rings. The number of carbonyl (C=O) groups is 3. The molecule has 0 aromatic heterocycles. The number of hydrogen-bond acceptors (Lipinski definition) is 5. The number of fused-ring (bicyclic) bond motifs is 1. The molecule has 0 atom stereocenters. The van der Waals surface area contributed by atoms with Crippen molar-refractivity contribution in [3.63, 3.8) is 0 Å². The number of ether oxygens (including phenoxy) is 2. The summed E-state index contributed by atoms with van der Waals surface area (Å²) in [5, 5.41) is 2.42. The number of carbonyl (C=O) groups excluding carboxylic acids is 3. The zero-order chi connectivity index (χ0) is 17.0. The van der Waals surface area contributed by atoms with Gasteiger partial charge in [-0.3, -0.25) is 4.79 Å². The average molecular weight is 317 g/mol. The van der Waals surface area contributed by atoms with Gasteiger partial charge in [-0.15, -0.1) is 0 Å². The van der Waals surface area contributed by atoms with Gasteiger partial charge < -0.3 is 14.8 Å². The van der Waals surface area contributed by atoms with Gasteiger partial charge in [0.25, 0.3) is 0 Å². The van der Waals surface area contributed by atoms with Crippen LogP contribution >= 0.6 is 0 Å². The van der Waals surface area contributed by atoms with E-state index in [0.717, 1.165) is 16.7 Å². The normalized spacial score (nSPS) is 12.9. The monoisotopic (exact) mass is 317 g/mol. The van der Waals surface area contributed by atoms with Crippen LogP contribution in [0.3, 0.4) is 0 Å². The predicted octanol–water partition coefficient (Wildman–Crippen LogP) is 1.24. The Balaban J connectivity index is 2.44. The van der Waals surface area contributed by atoms with Crippen LogP contribution in [0.4, 0.5) is 0 Å². The van der Waals surface area contributed by atoms with E-state index in [-0.39, 0.29) is 6.42 Å². The van der Waals surface area contributed by atoms with Crippen molar-refractivity contribution in [1.29, 1.82) is 0 Å². The van der Waals surface area contributed by atoms with E-state index in [1.165, 1.54) is 21.1 Å². The Hall–Kier alpha value is -2.63. The summed E-state index contributed by atoms with van der Waals surface area (Å²) >= 11 is 0. The first kappa shape index (κ1) is 16.7. The van der Waals surface area contributed by atoms with Gasteiger partial charge in [0.1, 0.15) is 0 Å². The molecule has 0 heterocycles. The van der Waals surface area contributed by atoms with E-state index in [2.05, 4.69) is 5.32 Å². The van der Waals surface area contributed by atoms with E-state index in [4.69, 9.17) is 9.47 Å². The molecule has 0 unspecified atom stereocenters. The minimum atomic E-state index is -1.89. The second-order valence-corrected chi connectivity index (χ2v) is 5.34. The highest BCUT2D eigenvalue weighted by atomic mass is 16.5. The zero-order valence-corrected chi connectivity index (χ0v) is 13.3. The molecule has 1 aromatic rings. The maximum atomic E-state index is 12.3. The van der Waals surface area contributed by atoms with Crippen LogP contribution in [0.25, 0.3) is 5.57 Å². The second kappa shape index (κ2) is 6.64. The molecule has 23 heavy (non-hydrogen) atoms. The van der Waals surface area contributed by atoms with Crippen LogP contribution in [0.15, 0.2) is 30.3 Å². The lowest BCUT2D eigenvalue weighted by atomic mass is 9.88. The van der Waals surface area contributed by atoms with Crippen LogP contribution < -0.4 is 5.32 Å². The molecule has 1 amide bonds. The maximum absolute atomic E-state index is 12.3. The van der Waals surface area contributed by atoms with Gasteiger partial charge in [0.15, 0.2) is 0 Å². The van der Waals surface area contributed by atoms with Crippen molar-refractivity contribution in [3.8, 4) is 0 Å². The third-order valence-corrected chi connectivity index (χ3v) is 3.84. The largest absolute Gasteiger partial charge is 0.467 e. The highest BCUT2D eigenvalue weighted by Gasteiger charge is 2.50. The summed E-state index contributed by atoms with van der Waals surface area (Å²) in [6.07, 6.45) is 2.63. The number of esters is 2. The summed E-state index contributed by atoms with van der Waals surface area (Å²) in [6, 6.07) is 7.71. The molecule has 6 heteroatoms. The molecule has 2 rings (SSSR count). The highest BCUT2D eigenvalue weighted by molar-refractivity contribution is 6.09. The molecule has 0 spiro atoms. The quantitative estimate of drug-likeness (QED) is 0.652. The molecule has 1 aromatic carbocycles. The van der Waals surface area contributed by atoms with Crippen molar-refractivity contribution in [1.82, 2.24) is 5.32 Å². The van der Waals surface area contributed by atoms with E-state index in [1.807, 2.05) is 30.3 Å². The first-order chi connectivity index (χ1) is 10.9. The number of allylic oxidation sites excluding steroid dienone is 1. The molecule has 0 saturated heterocycles. The van der Waals surface area contributed by atoms with Gasteiger partial charge in [0.2, 0.25) is 11.4 Å².